The van der Waals surface area contributed by atoms with Crippen LogP contribution in [0, 0.1) is 6.92 Å². The lowest BCUT2D eigenvalue weighted by Gasteiger charge is -2.16. The predicted molar refractivity (Wildman–Crippen MR) is 78.8 cm³/mol. The van der Waals surface area contributed by atoms with Crippen molar-refractivity contribution in [2.75, 3.05) is 5.88 Å². The molecule has 0 aliphatic heterocycles. The van der Waals surface area contributed by atoms with E-state index in [2.05, 4.69) is 55.1 Å². The molecular formula is C15H20ClN3. The molecule has 1 aromatic carbocycles. The molecule has 2 aromatic rings. The average molecular weight is 278 g/mol. The van der Waals surface area contributed by atoms with Gasteiger partial charge in [-0.3, -0.25) is 0 Å². The first-order chi connectivity index (χ1) is 9.11. The van der Waals surface area contributed by atoms with E-state index in [0.29, 0.717) is 11.9 Å². The third-order valence-electron chi connectivity index (χ3n) is 3.27. The van der Waals surface area contributed by atoms with E-state index in [4.69, 9.17) is 11.6 Å². The highest BCUT2D eigenvalue weighted by molar-refractivity contribution is 6.18. The van der Waals surface area contributed by atoms with Gasteiger partial charge in [0.05, 0.1) is 0 Å². The average Bonchev–Trinajstić information content (AvgIpc) is 2.84. The zero-order chi connectivity index (χ0) is 13.8. The molecule has 0 aliphatic carbocycles. The van der Waals surface area contributed by atoms with E-state index in [1.165, 1.54) is 11.1 Å². The Morgan fingerprint density at radius 1 is 1.32 bits per heavy atom. The standard InChI is InChI=1S/C15H20ClN3/c1-11(2)19-15(17-10-18-19)8-14(9-16)13-6-4-5-12(3)7-13/h4-7,10-11,14H,8-9H2,1-3H3. The van der Waals surface area contributed by atoms with Crippen molar-refractivity contribution < 1.29 is 0 Å². The van der Waals surface area contributed by atoms with Crippen molar-refractivity contribution in [3.05, 3.63) is 47.5 Å². The highest BCUT2D eigenvalue weighted by Gasteiger charge is 2.16. The highest BCUT2D eigenvalue weighted by Crippen LogP contribution is 2.23. The van der Waals surface area contributed by atoms with Gasteiger partial charge in [-0.1, -0.05) is 29.8 Å². The number of hydrogen-bond acceptors (Lipinski definition) is 2. The number of benzene rings is 1. The van der Waals surface area contributed by atoms with Gasteiger partial charge in [-0.2, -0.15) is 5.10 Å². The first-order valence-corrected chi connectivity index (χ1v) is 7.16. The minimum absolute atomic E-state index is 0.281. The van der Waals surface area contributed by atoms with Crippen molar-refractivity contribution in [2.45, 2.75) is 39.2 Å². The Labute approximate surface area is 119 Å². The Balaban J connectivity index is 2.22. The fraction of sp³-hybridized carbons (Fsp3) is 0.467. The van der Waals surface area contributed by atoms with Gasteiger partial charge in [0.15, 0.2) is 0 Å². The molecule has 0 aliphatic rings. The van der Waals surface area contributed by atoms with Crippen molar-refractivity contribution >= 4 is 11.6 Å². The summed E-state index contributed by atoms with van der Waals surface area (Å²) in [6.07, 6.45) is 2.45. The van der Waals surface area contributed by atoms with Crippen molar-refractivity contribution in [3.63, 3.8) is 0 Å². The second kappa shape index (κ2) is 6.20. The zero-order valence-electron chi connectivity index (χ0n) is 11.7. The molecular weight excluding hydrogens is 258 g/mol. The maximum atomic E-state index is 6.15. The Morgan fingerprint density at radius 3 is 2.74 bits per heavy atom. The Hall–Kier alpha value is -1.35. The topological polar surface area (TPSA) is 30.7 Å². The summed E-state index contributed by atoms with van der Waals surface area (Å²) in [5, 5.41) is 4.28. The molecule has 3 nitrogen and oxygen atoms in total. The number of rotatable bonds is 5. The summed E-state index contributed by atoms with van der Waals surface area (Å²) in [5.41, 5.74) is 2.53. The summed E-state index contributed by atoms with van der Waals surface area (Å²) in [6, 6.07) is 8.84. The van der Waals surface area contributed by atoms with Gasteiger partial charge in [0.1, 0.15) is 12.2 Å². The number of aryl methyl sites for hydroxylation is 1. The maximum absolute atomic E-state index is 6.15. The van der Waals surface area contributed by atoms with E-state index in [-0.39, 0.29) is 5.92 Å². The highest BCUT2D eigenvalue weighted by atomic mass is 35.5. The van der Waals surface area contributed by atoms with Crippen molar-refractivity contribution in [1.82, 2.24) is 14.8 Å². The van der Waals surface area contributed by atoms with Crippen LogP contribution < -0.4 is 0 Å². The lowest BCUT2D eigenvalue weighted by Crippen LogP contribution is -2.13. The van der Waals surface area contributed by atoms with E-state index in [1.807, 2.05) is 4.68 Å². The van der Waals surface area contributed by atoms with E-state index in [1.54, 1.807) is 6.33 Å². The van der Waals surface area contributed by atoms with Crippen molar-refractivity contribution in [2.24, 2.45) is 0 Å². The molecule has 102 valence electrons. The van der Waals surface area contributed by atoms with Crippen LogP contribution in [0.1, 0.15) is 42.8 Å². The molecule has 0 radical (unpaired) electrons. The van der Waals surface area contributed by atoms with Gasteiger partial charge in [-0.15, -0.1) is 11.6 Å². The summed E-state index contributed by atoms with van der Waals surface area (Å²) in [4.78, 5) is 4.37. The molecule has 19 heavy (non-hydrogen) atoms. The van der Waals surface area contributed by atoms with Gasteiger partial charge in [0.2, 0.25) is 0 Å². The van der Waals surface area contributed by atoms with E-state index in [0.717, 1.165) is 12.2 Å². The summed E-state index contributed by atoms with van der Waals surface area (Å²) in [6.45, 7) is 6.33. The second-order valence-corrected chi connectivity index (χ2v) is 5.49. The molecule has 0 amide bonds. The van der Waals surface area contributed by atoms with Crippen LogP contribution in [0.4, 0.5) is 0 Å². The molecule has 0 saturated carbocycles. The largest absolute Gasteiger partial charge is 0.248 e. The fourth-order valence-corrected chi connectivity index (χ4v) is 2.54. The summed E-state index contributed by atoms with van der Waals surface area (Å²) < 4.78 is 1.97. The van der Waals surface area contributed by atoms with E-state index in [9.17, 15) is 0 Å². The predicted octanol–water partition coefficient (Wildman–Crippen LogP) is 3.73. The molecule has 0 spiro atoms. The van der Waals surface area contributed by atoms with Crippen LogP contribution in [-0.2, 0) is 6.42 Å². The fourth-order valence-electron chi connectivity index (χ4n) is 2.26. The van der Waals surface area contributed by atoms with E-state index >= 15 is 0 Å². The van der Waals surface area contributed by atoms with Gasteiger partial charge in [0.25, 0.3) is 0 Å². The van der Waals surface area contributed by atoms with Crippen LogP contribution in [0.5, 0.6) is 0 Å². The maximum Gasteiger partial charge on any atom is 0.138 e. The van der Waals surface area contributed by atoms with Gasteiger partial charge >= 0.3 is 0 Å². The van der Waals surface area contributed by atoms with Gasteiger partial charge < -0.3 is 0 Å². The molecule has 0 fully saturated rings. The van der Waals surface area contributed by atoms with E-state index < -0.39 is 0 Å². The van der Waals surface area contributed by atoms with Crippen LogP contribution in [-0.4, -0.2) is 20.6 Å². The quantitative estimate of drug-likeness (QED) is 0.780. The molecule has 0 bridgehead atoms. The lowest BCUT2D eigenvalue weighted by molar-refractivity contribution is 0.496. The van der Waals surface area contributed by atoms with Crippen LogP contribution in [0.25, 0.3) is 0 Å². The monoisotopic (exact) mass is 277 g/mol. The van der Waals surface area contributed by atoms with Gasteiger partial charge in [-0.25, -0.2) is 9.67 Å². The smallest absolute Gasteiger partial charge is 0.138 e. The molecule has 1 atom stereocenters. The van der Waals surface area contributed by atoms with Gasteiger partial charge in [-0.05, 0) is 26.3 Å². The molecule has 2 rings (SSSR count). The zero-order valence-corrected chi connectivity index (χ0v) is 12.4. The summed E-state index contributed by atoms with van der Waals surface area (Å²) in [7, 11) is 0. The third-order valence-corrected chi connectivity index (χ3v) is 3.64. The molecule has 0 N–H and O–H groups in total. The number of hydrogen-bond donors (Lipinski definition) is 0. The molecule has 1 heterocycles. The van der Waals surface area contributed by atoms with Crippen LogP contribution >= 0.6 is 11.6 Å². The minimum Gasteiger partial charge on any atom is -0.248 e. The number of nitrogens with zero attached hydrogens (tertiary/aromatic N) is 3. The number of halogens is 1. The first-order valence-electron chi connectivity index (χ1n) is 6.62. The third kappa shape index (κ3) is 3.35. The summed E-state index contributed by atoms with van der Waals surface area (Å²) in [5.74, 6) is 1.87. The van der Waals surface area contributed by atoms with Crippen molar-refractivity contribution in [3.8, 4) is 0 Å². The number of alkyl halides is 1. The first kappa shape index (κ1) is 14.1. The van der Waals surface area contributed by atoms with Crippen LogP contribution in [0.15, 0.2) is 30.6 Å². The molecule has 4 heteroatoms. The van der Waals surface area contributed by atoms with Gasteiger partial charge in [0, 0.05) is 24.3 Å². The number of aromatic nitrogens is 3. The van der Waals surface area contributed by atoms with Crippen LogP contribution in [0.2, 0.25) is 0 Å². The van der Waals surface area contributed by atoms with Crippen LogP contribution in [0.3, 0.4) is 0 Å². The molecule has 1 unspecified atom stereocenters. The van der Waals surface area contributed by atoms with Crippen molar-refractivity contribution in [1.29, 1.82) is 0 Å². The molecule has 1 aromatic heterocycles. The SMILES string of the molecule is Cc1cccc(C(CCl)Cc2ncnn2C(C)C)c1. The Morgan fingerprint density at radius 2 is 2.11 bits per heavy atom. The lowest BCUT2D eigenvalue weighted by atomic mass is 9.96. The normalized spacial score (nSPS) is 12.9. The Bertz CT molecular complexity index is 534. The second-order valence-electron chi connectivity index (χ2n) is 5.18. The Kier molecular flexibility index (Phi) is 4.59. The molecule has 0 saturated heterocycles. The minimum atomic E-state index is 0.281. The summed E-state index contributed by atoms with van der Waals surface area (Å²) >= 11 is 6.15.